The zero-order valence-electron chi connectivity index (χ0n) is 18.5. The molecule has 0 unspecified atom stereocenters. The molecule has 0 aliphatic heterocycles. The Kier molecular flexibility index (Phi) is 5.67. The number of rotatable bonds is 5. The van der Waals surface area contributed by atoms with E-state index >= 15 is 0 Å². The molecule has 0 amide bonds. The van der Waals surface area contributed by atoms with Crippen molar-refractivity contribution in [3.63, 3.8) is 0 Å². The molecule has 0 spiro atoms. The largest absolute Gasteiger partial charge is 0.493 e. The van der Waals surface area contributed by atoms with Crippen molar-refractivity contribution in [1.29, 1.82) is 0 Å². The maximum atomic E-state index is 12.8. The predicted octanol–water partition coefficient (Wildman–Crippen LogP) is 4.70. The van der Waals surface area contributed by atoms with Crippen LogP contribution in [0, 0.1) is 5.92 Å². The Morgan fingerprint density at radius 1 is 1.06 bits per heavy atom. The van der Waals surface area contributed by atoms with Crippen LogP contribution in [0.1, 0.15) is 45.7 Å². The van der Waals surface area contributed by atoms with Crippen molar-refractivity contribution < 1.29 is 4.74 Å². The molecule has 4 aromatic rings. The monoisotopic (exact) mass is 433 g/mol. The first-order valence-corrected chi connectivity index (χ1v) is 11.3. The molecule has 4 rings (SSSR count). The highest BCUT2D eigenvalue weighted by molar-refractivity contribution is 7.15. The van der Waals surface area contributed by atoms with Gasteiger partial charge in [-0.3, -0.25) is 4.79 Å². The van der Waals surface area contributed by atoms with E-state index in [2.05, 4.69) is 56.8 Å². The van der Waals surface area contributed by atoms with Crippen molar-refractivity contribution in [3.8, 4) is 17.1 Å². The topological polar surface area (TPSA) is 56.5 Å². The first-order valence-electron chi connectivity index (χ1n) is 10.5. The summed E-state index contributed by atoms with van der Waals surface area (Å²) in [7, 11) is 0. The second-order valence-electron chi connectivity index (χ2n) is 9.15. The van der Waals surface area contributed by atoms with Crippen LogP contribution in [-0.4, -0.2) is 21.2 Å². The molecule has 2 aromatic carbocycles. The summed E-state index contributed by atoms with van der Waals surface area (Å²) >= 11 is 1.36. The van der Waals surface area contributed by atoms with Crippen LogP contribution in [-0.2, 0) is 5.41 Å². The van der Waals surface area contributed by atoms with Crippen molar-refractivity contribution in [3.05, 3.63) is 74.5 Å². The second kappa shape index (κ2) is 8.27. The van der Waals surface area contributed by atoms with Gasteiger partial charge in [-0.25, -0.2) is 0 Å². The van der Waals surface area contributed by atoms with Gasteiger partial charge in [0.25, 0.3) is 5.56 Å². The first kappa shape index (κ1) is 21.2. The summed E-state index contributed by atoms with van der Waals surface area (Å²) in [5, 5.41) is 4.44. The highest BCUT2D eigenvalue weighted by Gasteiger charge is 2.14. The minimum atomic E-state index is -0.143. The highest BCUT2D eigenvalue weighted by Crippen LogP contribution is 2.23. The maximum absolute atomic E-state index is 12.8. The third-order valence-corrected chi connectivity index (χ3v) is 5.91. The standard InChI is InChI=1S/C25H27N3O2S/c1-16(2)15-30-20-12-8-18(9-13-20)22-26-24-28(27-22)23(29)21(31-24)14-17-6-10-19(11-7-17)25(3,4)5/h6-14,16H,15H2,1-5H3/b21-14+. The smallest absolute Gasteiger partial charge is 0.291 e. The minimum absolute atomic E-state index is 0.102. The van der Waals surface area contributed by atoms with Gasteiger partial charge >= 0.3 is 0 Å². The lowest BCUT2D eigenvalue weighted by Gasteiger charge is -2.18. The van der Waals surface area contributed by atoms with Gasteiger partial charge < -0.3 is 4.74 Å². The van der Waals surface area contributed by atoms with E-state index in [-0.39, 0.29) is 11.0 Å². The molecule has 160 valence electrons. The predicted molar refractivity (Wildman–Crippen MR) is 127 cm³/mol. The number of aromatic nitrogens is 3. The summed E-state index contributed by atoms with van der Waals surface area (Å²) in [5.41, 5.74) is 3.07. The molecule has 2 aromatic heterocycles. The van der Waals surface area contributed by atoms with Gasteiger partial charge in [0.05, 0.1) is 11.1 Å². The van der Waals surface area contributed by atoms with Gasteiger partial charge in [0.15, 0.2) is 5.82 Å². The Morgan fingerprint density at radius 2 is 1.74 bits per heavy atom. The van der Waals surface area contributed by atoms with Crippen LogP contribution in [0.15, 0.2) is 53.3 Å². The fourth-order valence-corrected chi connectivity index (χ4v) is 4.06. The number of nitrogens with zero attached hydrogens (tertiary/aromatic N) is 3. The average Bonchev–Trinajstić information content (AvgIpc) is 3.26. The van der Waals surface area contributed by atoms with Crippen molar-refractivity contribution in [1.82, 2.24) is 14.6 Å². The molecule has 0 aliphatic rings. The summed E-state index contributed by atoms with van der Waals surface area (Å²) in [4.78, 5) is 18.0. The number of benzene rings is 2. The summed E-state index contributed by atoms with van der Waals surface area (Å²) < 4.78 is 7.74. The number of hydrogen-bond acceptors (Lipinski definition) is 5. The molecule has 0 fully saturated rings. The molecule has 6 heteroatoms. The lowest BCUT2D eigenvalue weighted by atomic mass is 9.87. The lowest BCUT2D eigenvalue weighted by Crippen LogP contribution is -2.23. The fourth-order valence-electron chi connectivity index (χ4n) is 3.15. The molecular weight excluding hydrogens is 406 g/mol. The quantitative estimate of drug-likeness (QED) is 0.458. The highest BCUT2D eigenvalue weighted by atomic mass is 32.1. The number of ether oxygens (including phenoxy) is 1. The van der Waals surface area contributed by atoms with E-state index in [0.717, 1.165) is 16.9 Å². The number of hydrogen-bond donors (Lipinski definition) is 0. The van der Waals surface area contributed by atoms with Crippen molar-refractivity contribution in [2.24, 2.45) is 5.92 Å². The van der Waals surface area contributed by atoms with E-state index in [1.54, 1.807) is 0 Å². The Bertz CT molecular complexity index is 1290. The van der Waals surface area contributed by atoms with Crippen LogP contribution >= 0.6 is 11.3 Å². The molecule has 0 saturated heterocycles. The van der Waals surface area contributed by atoms with Crippen molar-refractivity contribution >= 4 is 22.4 Å². The van der Waals surface area contributed by atoms with E-state index in [1.807, 2.05) is 42.5 Å². The molecule has 0 radical (unpaired) electrons. The van der Waals surface area contributed by atoms with E-state index < -0.39 is 0 Å². The van der Waals surface area contributed by atoms with E-state index in [9.17, 15) is 4.79 Å². The normalized spacial score (nSPS) is 12.8. The Balaban J connectivity index is 1.60. The molecular formula is C25H27N3O2S. The van der Waals surface area contributed by atoms with Crippen LogP contribution in [0.2, 0.25) is 0 Å². The zero-order valence-corrected chi connectivity index (χ0v) is 19.4. The molecule has 0 bridgehead atoms. The molecule has 0 atom stereocenters. The number of fused-ring (bicyclic) bond motifs is 1. The van der Waals surface area contributed by atoms with Crippen LogP contribution < -0.4 is 14.8 Å². The molecule has 0 aliphatic carbocycles. The van der Waals surface area contributed by atoms with Gasteiger partial charge in [-0.15, -0.1) is 5.10 Å². The molecule has 31 heavy (non-hydrogen) atoms. The van der Waals surface area contributed by atoms with Crippen LogP contribution in [0.3, 0.4) is 0 Å². The molecule has 0 saturated carbocycles. The fraction of sp³-hybridized carbons (Fsp3) is 0.320. The first-order chi connectivity index (χ1) is 14.7. The summed E-state index contributed by atoms with van der Waals surface area (Å²) in [6.45, 7) is 11.5. The van der Waals surface area contributed by atoms with E-state index in [4.69, 9.17) is 4.74 Å². The summed E-state index contributed by atoms with van der Waals surface area (Å²) in [5.74, 6) is 1.83. The number of thiazole rings is 1. The molecule has 2 heterocycles. The lowest BCUT2D eigenvalue weighted by molar-refractivity contribution is 0.271. The summed E-state index contributed by atoms with van der Waals surface area (Å²) in [6.07, 6.45) is 1.90. The second-order valence-corrected chi connectivity index (χ2v) is 10.2. The van der Waals surface area contributed by atoms with Gasteiger partial charge in [-0.2, -0.15) is 9.50 Å². The van der Waals surface area contributed by atoms with Gasteiger partial charge in [-0.05, 0) is 52.8 Å². The van der Waals surface area contributed by atoms with Crippen LogP contribution in [0.5, 0.6) is 5.75 Å². The van der Waals surface area contributed by atoms with Crippen molar-refractivity contribution in [2.45, 2.75) is 40.0 Å². The van der Waals surface area contributed by atoms with Crippen LogP contribution in [0.4, 0.5) is 0 Å². The van der Waals surface area contributed by atoms with Gasteiger partial charge in [-0.1, -0.05) is 70.2 Å². The minimum Gasteiger partial charge on any atom is -0.493 e. The maximum Gasteiger partial charge on any atom is 0.291 e. The van der Waals surface area contributed by atoms with Crippen LogP contribution in [0.25, 0.3) is 22.4 Å². The Labute approximate surface area is 186 Å². The van der Waals surface area contributed by atoms with Gasteiger partial charge in [0.1, 0.15) is 5.75 Å². The van der Waals surface area contributed by atoms with E-state index in [1.165, 1.54) is 21.4 Å². The molecule has 0 N–H and O–H groups in total. The molecule has 5 nitrogen and oxygen atoms in total. The van der Waals surface area contributed by atoms with Gasteiger partial charge in [0, 0.05) is 5.56 Å². The SMILES string of the molecule is CC(C)COc1ccc(-c2nc3s/c(=C/c4ccc(C(C)(C)C)cc4)c(=O)n3n2)cc1. The third kappa shape index (κ3) is 4.69. The van der Waals surface area contributed by atoms with Crippen molar-refractivity contribution in [2.75, 3.05) is 6.61 Å². The Hall–Kier alpha value is -2.99. The zero-order chi connectivity index (χ0) is 22.2. The van der Waals surface area contributed by atoms with Gasteiger partial charge in [0.2, 0.25) is 4.96 Å². The third-order valence-electron chi connectivity index (χ3n) is 4.95. The van der Waals surface area contributed by atoms with E-state index in [0.29, 0.717) is 27.8 Å². The Morgan fingerprint density at radius 3 is 2.32 bits per heavy atom. The summed E-state index contributed by atoms with van der Waals surface area (Å²) in [6, 6.07) is 16.0. The average molecular weight is 434 g/mol.